The summed E-state index contributed by atoms with van der Waals surface area (Å²) in [6, 6.07) is 0. The molecule has 4 nitrogen and oxygen atoms in total. The standard InChI is InChI=1S/CH2O4S.Na.H/c2-1-5-6(3)4;;/h1H,(H,3,4);;/q;+1;-1. The number of carbonyl (C=O) groups excluding carboxylic acids is 1. The van der Waals surface area contributed by atoms with E-state index in [1.54, 1.807) is 0 Å². The number of hydrogen-bond acceptors (Lipinski definition) is 3. The van der Waals surface area contributed by atoms with E-state index in [2.05, 4.69) is 4.18 Å². The molecule has 0 radical (unpaired) electrons. The van der Waals surface area contributed by atoms with Crippen LogP contribution in [0.1, 0.15) is 1.43 Å². The molecule has 0 aromatic carbocycles. The average molecular weight is 134 g/mol. The molecule has 1 unspecified atom stereocenters. The topological polar surface area (TPSA) is 63.6 Å². The van der Waals surface area contributed by atoms with Crippen LogP contribution in [-0.4, -0.2) is 15.2 Å². The molecule has 1 N–H and O–H groups in total. The largest absolute Gasteiger partial charge is 1.00 e. The van der Waals surface area contributed by atoms with Crippen molar-refractivity contribution in [3.05, 3.63) is 0 Å². The van der Waals surface area contributed by atoms with Crippen LogP contribution in [0.3, 0.4) is 0 Å². The summed E-state index contributed by atoms with van der Waals surface area (Å²) in [6.07, 6.45) is 0. The summed E-state index contributed by atoms with van der Waals surface area (Å²) in [6.45, 7) is -0.101. The first kappa shape index (κ1) is 10.5. The maximum atomic E-state index is 9.26. The van der Waals surface area contributed by atoms with E-state index in [1.807, 2.05) is 0 Å². The Balaban J connectivity index is -0.000000125. The Hall–Kier alpha value is 0.580. The van der Waals surface area contributed by atoms with Crippen LogP contribution in [0.2, 0.25) is 0 Å². The van der Waals surface area contributed by atoms with E-state index in [0.29, 0.717) is 0 Å². The van der Waals surface area contributed by atoms with Crippen LogP contribution >= 0.6 is 0 Å². The fraction of sp³-hybridized carbons (Fsp3) is 0. The second kappa shape index (κ2) is 6.58. The van der Waals surface area contributed by atoms with Gasteiger partial charge in [0.1, 0.15) is 0 Å². The van der Waals surface area contributed by atoms with Gasteiger partial charge in [-0.15, -0.1) is 0 Å². The maximum Gasteiger partial charge on any atom is 1.00 e. The average Bonchev–Trinajstić information content (AvgIpc) is 1.35. The van der Waals surface area contributed by atoms with Crippen molar-refractivity contribution in [1.82, 2.24) is 0 Å². The number of hydrogen-bond donors (Lipinski definition) is 1. The zero-order valence-electron chi connectivity index (χ0n) is 4.66. The first-order chi connectivity index (χ1) is 2.77. The predicted molar refractivity (Wildman–Crippen MR) is 19.0 cm³/mol. The van der Waals surface area contributed by atoms with E-state index in [0.717, 1.165) is 0 Å². The third-order valence-electron chi connectivity index (χ3n) is 0.122. The van der Waals surface area contributed by atoms with E-state index >= 15 is 0 Å². The molecule has 0 heterocycles. The first-order valence-corrected chi connectivity index (χ1v) is 2.02. The Morgan fingerprint density at radius 3 is 2.29 bits per heavy atom. The zero-order valence-corrected chi connectivity index (χ0v) is 6.47. The van der Waals surface area contributed by atoms with Crippen molar-refractivity contribution in [1.29, 1.82) is 0 Å². The van der Waals surface area contributed by atoms with Crippen LogP contribution < -0.4 is 29.6 Å². The molecule has 0 bridgehead atoms. The van der Waals surface area contributed by atoms with Gasteiger partial charge in [-0.1, -0.05) is 0 Å². The molecule has 0 aromatic rings. The molecule has 0 rings (SSSR count). The second-order valence-corrected chi connectivity index (χ2v) is 1.04. The summed E-state index contributed by atoms with van der Waals surface area (Å²) in [7, 11) is 0. The van der Waals surface area contributed by atoms with Crippen molar-refractivity contribution in [2.24, 2.45) is 0 Å². The number of rotatable bonds is 2. The summed E-state index contributed by atoms with van der Waals surface area (Å²) in [5, 5.41) is 0. The Bertz CT molecular complexity index is 76.4. The monoisotopic (exact) mass is 134 g/mol. The third kappa shape index (κ3) is 10.8. The third-order valence-corrected chi connectivity index (χ3v) is 0.365. The van der Waals surface area contributed by atoms with Gasteiger partial charge in [0, 0.05) is 0 Å². The van der Waals surface area contributed by atoms with Gasteiger partial charge in [-0.05, 0) is 0 Å². The fourth-order valence-electron chi connectivity index (χ4n) is 0.0336. The van der Waals surface area contributed by atoms with Crippen molar-refractivity contribution < 1.29 is 48.7 Å². The molecule has 0 amide bonds. The van der Waals surface area contributed by atoms with Gasteiger partial charge in [0.05, 0.1) is 0 Å². The smallest absolute Gasteiger partial charge is 1.00 e. The SMILES string of the molecule is O=COS(=O)O.[H-].[Na+]. The van der Waals surface area contributed by atoms with E-state index in [9.17, 15) is 4.21 Å². The molecular formula is CH3NaO4S. The molecule has 38 valence electrons. The molecule has 1 atom stereocenters. The molecular weight excluding hydrogens is 131 g/mol. The first-order valence-electron chi connectivity index (χ1n) is 0.987. The van der Waals surface area contributed by atoms with Crippen LogP contribution in [-0.2, 0) is 20.3 Å². The minimum absolute atomic E-state index is 0. The van der Waals surface area contributed by atoms with Gasteiger partial charge in [0.15, 0.2) is 0 Å². The molecule has 0 aliphatic rings. The Labute approximate surface area is 66.5 Å². The molecule has 7 heavy (non-hydrogen) atoms. The fourth-order valence-corrected chi connectivity index (χ4v) is 0.101. The van der Waals surface area contributed by atoms with Gasteiger partial charge >= 0.3 is 47.4 Å². The van der Waals surface area contributed by atoms with Gasteiger partial charge in [-0.3, -0.25) is 9.35 Å². The van der Waals surface area contributed by atoms with Gasteiger partial charge in [-0.2, -0.15) is 4.21 Å². The molecule has 0 aliphatic carbocycles. The summed E-state index contributed by atoms with van der Waals surface area (Å²) in [5.41, 5.74) is 0. The molecule has 0 saturated heterocycles. The number of carbonyl (C=O) groups is 1. The normalized spacial score (nSPS) is 11.0. The minimum Gasteiger partial charge on any atom is -1.00 e. The van der Waals surface area contributed by atoms with Gasteiger partial charge in [-0.25, -0.2) is 0 Å². The molecule has 0 aromatic heterocycles. The summed E-state index contributed by atoms with van der Waals surface area (Å²) < 4.78 is 20.2. The Morgan fingerprint density at radius 1 is 1.86 bits per heavy atom. The van der Waals surface area contributed by atoms with Gasteiger partial charge in [0.25, 0.3) is 0 Å². The van der Waals surface area contributed by atoms with Gasteiger partial charge < -0.3 is 5.61 Å². The molecule has 6 heteroatoms. The molecule has 0 aliphatic heterocycles. The molecule has 0 spiro atoms. The van der Waals surface area contributed by atoms with E-state index in [1.165, 1.54) is 0 Å². The maximum absolute atomic E-state index is 9.26. The van der Waals surface area contributed by atoms with E-state index < -0.39 is 11.4 Å². The second-order valence-electron chi connectivity index (χ2n) is 0.410. The van der Waals surface area contributed by atoms with E-state index in [-0.39, 0.29) is 37.5 Å². The minimum atomic E-state index is -2.43. The van der Waals surface area contributed by atoms with Crippen molar-refractivity contribution in [2.45, 2.75) is 0 Å². The van der Waals surface area contributed by atoms with Crippen molar-refractivity contribution in [3.63, 3.8) is 0 Å². The van der Waals surface area contributed by atoms with Crippen LogP contribution in [0.4, 0.5) is 0 Å². The molecule has 0 fully saturated rings. The summed E-state index contributed by atoms with van der Waals surface area (Å²) >= 11 is -2.43. The molecule has 0 saturated carbocycles. The van der Waals surface area contributed by atoms with Gasteiger partial charge in [0.2, 0.25) is 0 Å². The quantitative estimate of drug-likeness (QED) is 0.241. The van der Waals surface area contributed by atoms with Crippen molar-refractivity contribution in [3.8, 4) is 0 Å². The zero-order chi connectivity index (χ0) is 4.99. The Kier molecular flexibility index (Phi) is 9.91. The van der Waals surface area contributed by atoms with Crippen LogP contribution in [0.25, 0.3) is 0 Å². The Morgan fingerprint density at radius 2 is 2.29 bits per heavy atom. The predicted octanol–water partition coefficient (Wildman–Crippen LogP) is -3.59. The van der Waals surface area contributed by atoms with Crippen LogP contribution in [0.15, 0.2) is 0 Å². The van der Waals surface area contributed by atoms with Crippen LogP contribution in [0.5, 0.6) is 0 Å². The van der Waals surface area contributed by atoms with Crippen molar-refractivity contribution >= 4 is 17.8 Å². The van der Waals surface area contributed by atoms with Crippen LogP contribution in [0, 0.1) is 0 Å². The summed E-state index contributed by atoms with van der Waals surface area (Å²) in [5.74, 6) is 0. The summed E-state index contributed by atoms with van der Waals surface area (Å²) in [4.78, 5) is 9.04. The van der Waals surface area contributed by atoms with Crippen molar-refractivity contribution in [2.75, 3.05) is 0 Å². The van der Waals surface area contributed by atoms with E-state index in [4.69, 9.17) is 9.35 Å².